The maximum absolute atomic E-state index is 12.4. The molecule has 24 heavy (non-hydrogen) atoms. The van der Waals surface area contributed by atoms with E-state index in [0.29, 0.717) is 23.5 Å². The van der Waals surface area contributed by atoms with E-state index in [9.17, 15) is 9.59 Å². The minimum atomic E-state index is -0.394. The van der Waals surface area contributed by atoms with Gasteiger partial charge in [-0.2, -0.15) is 0 Å². The number of carbonyl (C=O) groups excluding carboxylic acids is 2. The summed E-state index contributed by atoms with van der Waals surface area (Å²) in [4.78, 5) is 24.2. The second-order valence-corrected chi connectivity index (χ2v) is 5.68. The van der Waals surface area contributed by atoms with E-state index in [-0.39, 0.29) is 21.5 Å². The van der Waals surface area contributed by atoms with Crippen LogP contribution in [0, 0.1) is 0 Å². The second-order valence-electron chi connectivity index (χ2n) is 4.87. The molecule has 0 atom stereocenters. The monoisotopic (exact) mass is 366 g/mol. The molecule has 0 aliphatic heterocycles. The van der Waals surface area contributed by atoms with Crippen molar-refractivity contribution in [2.24, 2.45) is 0 Å². The number of rotatable bonds is 5. The number of halogens is 2. The number of benzene rings is 2. The number of hydrogen-bond acceptors (Lipinski definition) is 3. The molecule has 0 aromatic heterocycles. The van der Waals surface area contributed by atoms with Gasteiger partial charge in [-0.25, -0.2) is 0 Å². The van der Waals surface area contributed by atoms with Gasteiger partial charge in [0.2, 0.25) is 0 Å². The first-order valence-corrected chi connectivity index (χ1v) is 7.94. The van der Waals surface area contributed by atoms with Crippen molar-refractivity contribution >= 4 is 40.7 Å². The molecule has 0 saturated carbocycles. The Bertz CT molecular complexity index is 755. The van der Waals surface area contributed by atoms with Crippen LogP contribution < -0.4 is 15.4 Å². The van der Waals surface area contributed by atoms with Gasteiger partial charge in [-0.1, -0.05) is 29.3 Å². The molecule has 0 radical (unpaired) electrons. The van der Waals surface area contributed by atoms with Gasteiger partial charge in [-0.05, 0) is 37.3 Å². The smallest absolute Gasteiger partial charge is 0.255 e. The van der Waals surface area contributed by atoms with Crippen LogP contribution in [0.3, 0.4) is 0 Å². The molecule has 0 bridgehead atoms. The van der Waals surface area contributed by atoms with Gasteiger partial charge in [0.1, 0.15) is 0 Å². The minimum Gasteiger partial charge on any atom is -0.494 e. The summed E-state index contributed by atoms with van der Waals surface area (Å²) in [6.45, 7) is 2.36. The van der Waals surface area contributed by atoms with Crippen LogP contribution in [0.4, 0.5) is 5.69 Å². The first kappa shape index (κ1) is 18.1. The van der Waals surface area contributed by atoms with Crippen LogP contribution in [0.1, 0.15) is 27.6 Å². The molecule has 7 heteroatoms. The third-order valence-electron chi connectivity index (χ3n) is 3.18. The minimum absolute atomic E-state index is 0.205. The van der Waals surface area contributed by atoms with Crippen LogP contribution in [-0.2, 0) is 0 Å². The lowest BCUT2D eigenvalue weighted by Gasteiger charge is -2.10. The number of ether oxygens (including phenoxy) is 1. The maximum Gasteiger partial charge on any atom is 0.255 e. The highest BCUT2D eigenvalue weighted by Gasteiger charge is 2.14. The van der Waals surface area contributed by atoms with E-state index < -0.39 is 5.91 Å². The van der Waals surface area contributed by atoms with Crippen molar-refractivity contribution in [2.45, 2.75) is 6.92 Å². The fourth-order valence-corrected chi connectivity index (χ4v) is 2.73. The molecule has 0 fully saturated rings. The van der Waals surface area contributed by atoms with Crippen molar-refractivity contribution in [3.8, 4) is 5.75 Å². The van der Waals surface area contributed by atoms with Gasteiger partial charge in [-0.3, -0.25) is 9.59 Å². The quantitative estimate of drug-likeness (QED) is 0.839. The Balaban J connectivity index is 2.21. The van der Waals surface area contributed by atoms with Gasteiger partial charge >= 0.3 is 0 Å². The van der Waals surface area contributed by atoms with E-state index in [1.54, 1.807) is 24.3 Å². The molecule has 0 unspecified atom stereocenters. The van der Waals surface area contributed by atoms with Crippen LogP contribution in [0.25, 0.3) is 0 Å². The van der Waals surface area contributed by atoms with Gasteiger partial charge in [0.25, 0.3) is 11.8 Å². The van der Waals surface area contributed by atoms with Gasteiger partial charge in [-0.15, -0.1) is 0 Å². The maximum atomic E-state index is 12.4. The second kappa shape index (κ2) is 8.04. The molecule has 126 valence electrons. The highest BCUT2D eigenvalue weighted by atomic mass is 35.5. The zero-order valence-corrected chi connectivity index (χ0v) is 14.7. The lowest BCUT2D eigenvalue weighted by Crippen LogP contribution is -2.22. The molecular weight excluding hydrogens is 351 g/mol. The fraction of sp³-hybridized carbons (Fsp3) is 0.176. The van der Waals surface area contributed by atoms with Crippen LogP contribution in [0.15, 0.2) is 36.4 Å². The standard InChI is InChI=1S/C17H16Cl2N2O3/c1-3-20-16(22)10-5-4-6-12(7-10)21-17(23)11-8-13(18)15(24-2)14(19)9-11/h4-9H,3H2,1-2H3,(H,20,22)(H,21,23). The van der Waals surface area contributed by atoms with Crippen LogP contribution in [0.2, 0.25) is 10.0 Å². The first-order valence-electron chi connectivity index (χ1n) is 7.19. The molecule has 0 aliphatic carbocycles. The van der Waals surface area contributed by atoms with Gasteiger partial charge < -0.3 is 15.4 Å². The predicted molar refractivity (Wildman–Crippen MR) is 95.4 cm³/mol. The summed E-state index contributed by atoms with van der Waals surface area (Å²) < 4.78 is 5.05. The molecular formula is C17H16Cl2N2O3. The van der Waals surface area contributed by atoms with Crippen molar-refractivity contribution in [3.05, 3.63) is 57.6 Å². The Kier molecular flexibility index (Phi) is 6.06. The van der Waals surface area contributed by atoms with E-state index in [4.69, 9.17) is 27.9 Å². The zero-order chi connectivity index (χ0) is 17.7. The summed E-state index contributed by atoms with van der Waals surface area (Å²) in [6.07, 6.45) is 0. The van der Waals surface area contributed by atoms with Crippen LogP contribution in [0.5, 0.6) is 5.75 Å². The zero-order valence-electron chi connectivity index (χ0n) is 13.2. The summed E-state index contributed by atoms with van der Waals surface area (Å²) in [5.41, 5.74) is 1.24. The number of anilines is 1. The molecule has 0 saturated heterocycles. The largest absolute Gasteiger partial charge is 0.494 e. The van der Waals surface area contributed by atoms with Crippen LogP contribution in [-0.4, -0.2) is 25.5 Å². The molecule has 0 spiro atoms. The number of hydrogen-bond donors (Lipinski definition) is 2. The van der Waals surface area contributed by atoms with Gasteiger partial charge in [0.15, 0.2) is 5.75 Å². The highest BCUT2D eigenvalue weighted by molar-refractivity contribution is 6.37. The third-order valence-corrected chi connectivity index (χ3v) is 3.75. The Hall–Kier alpha value is -2.24. The van der Waals surface area contributed by atoms with Crippen molar-refractivity contribution in [2.75, 3.05) is 19.0 Å². The molecule has 2 rings (SSSR count). The van der Waals surface area contributed by atoms with Gasteiger partial charge in [0, 0.05) is 23.4 Å². The van der Waals surface area contributed by atoms with Crippen molar-refractivity contribution < 1.29 is 14.3 Å². The van der Waals surface area contributed by atoms with Crippen molar-refractivity contribution in [3.63, 3.8) is 0 Å². The Labute approximate surface area is 149 Å². The molecule has 2 N–H and O–H groups in total. The highest BCUT2D eigenvalue weighted by Crippen LogP contribution is 2.34. The van der Waals surface area contributed by atoms with E-state index in [0.717, 1.165) is 0 Å². The topological polar surface area (TPSA) is 67.4 Å². The van der Waals surface area contributed by atoms with E-state index in [1.165, 1.54) is 19.2 Å². The predicted octanol–water partition coefficient (Wildman–Crippen LogP) is 4.00. The Morgan fingerprint density at radius 2 is 1.71 bits per heavy atom. The summed E-state index contributed by atoms with van der Waals surface area (Å²) in [6, 6.07) is 9.57. The molecule has 0 aliphatic rings. The van der Waals surface area contributed by atoms with E-state index in [1.807, 2.05) is 6.92 Å². The number of amides is 2. The molecule has 2 aromatic carbocycles. The van der Waals surface area contributed by atoms with Gasteiger partial charge in [0.05, 0.1) is 17.2 Å². The SMILES string of the molecule is CCNC(=O)c1cccc(NC(=O)c2cc(Cl)c(OC)c(Cl)c2)c1. The summed E-state index contributed by atoms with van der Waals surface area (Å²) in [5.74, 6) is -0.285. The number of carbonyl (C=O) groups is 2. The lowest BCUT2D eigenvalue weighted by molar-refractivity contribution is 0.0954. The number of methoxy groups -OCH3 is 1. The average Bonchev–Trinajstić information content (AvgIpc) is 2.55. The summed E-state index contributed by atoms with van der Waals surface area (Å²) in [7, 11) is 1.44. The fourth-order valence-electron chi connectivity index (χ4n) is 2.09. The Morgan fingerprint density at radius 3 is 2.29 bits per heavy atom. The van der Waals surface area contributed by atoms with E-state index >= 15 is 0 Å². The Morgan fingerprint density at radius 1 is 1.04 bits per heavy atom. The van der Waals surface area contributed by atoms with Crippen molar-refractivity contribution in [1.82, 2.24) is 5.32 Å². The third kappa shape index (κ3) is 4.19. The average molecular weight is 367 g/mol. The first-order chi connectivity index (χ1) is 11.5. The molecule has 2 aromatic rings. The molecule has 5 nitrogen and oxygen atoms in total. The summed E-state index contributed by atoms with van der Waals surface area (Å²) in [5, 5.41) is 5.90. The summed E-state index contributed by atoms with van der Waals surface area (Å²) >= 11 is 12.1. The lowest BCUT2D eigenvalue weighted by atomic mass is 10.1. The van der Waals surface area contributed by atoms with E-state index in [2.05, 4.69) is 10.6 Å². The number of nitrogens with one attached hydrogen (secondary N) is 2. The normalized spacial score (nSPS) is 10.2. The van der Waals surface area contributed by atoms with Crippen LogP contribution >= 0.6 is 23.2 Å². The molecule has 2 amide bonds. The van der Waals surface area contributed by atoms with Crippen molar-refractivity contribution in [1.29, 1.82) is 0 Å². The molecule has 0 heterocycles.